The molecule has 1 amide bonds. The lowest BCUT2D eigenvalue weighted by Gasteiger charge is -2.23. The van der Waals surface area contributed by atoms with Gasteiger partial charge in [0.1, 0.15) is 11.5 Å². The number of hydrogen-bond acceptors (Lipinski definition) is 4. The van der Waals surface area contributed by atoms with E-state index in [4.69, 9.17) is 4.74 Å². The van der Waals surface area contributed by atoms with E-state index >= 15 is 0 Å². The Morgan fingerprint density at radius 2 is 1.51 bits per heavy atom. The third-order valence-corrected chi connectivity index (χ3v) is 7.46. The molecule has 6 nitrogen and oxygen atoms in total. The van der Waals surface area contributed by atoms with Crippen molar-refractivity contribution in [3.63, 3.8) is 0 Å². The number of hydrogen-bond donors (Lipinski definition) is 1. The topological polar surface area (TPSA) is 75.7 Å². The molecule has 0 saturated heterocycles. The Kier molecular flexibility index (Phi) is 8.08. The minimum Gasteiger partial charge on any atom is -0.457 e. The Balaban J connectivity index is 1.40. The summed E-state index contributed by atoms with van der Waals surface area (Å²) in [5.41, 5.74) is 1.92. The predicted molar refractivity (Wildman–Crippen MR) is 139 cm³/mol. The number of benzene rings is 3. The summed E-state index contributed by atoms with van der Waals surface area (Å²) in [5, 5.41) is 3.04. The van der Waals surface area contributed by atoms with Crippen LogP contribution in [0.3, 0.4) is 0 Å². The molecule has 0 heterocycles. The van der Waals surface area contributed by atoms with Gasteiger partial charge in [-0.1, -0.05) is 49.6 Å². The van der Waals surface area contributed by atoms with Crippen LogP contribution in [-0.4, -0.2) is 27.1 Å². The normalized spacial score (nSPS) is 14.3. The van der Waals surface area contributed by atoms with Gasteiger partial charge in [0.25, 0.3) is 5.91 Å². The molecule has 1 saturated carbocycles. The second-order valence-electron chi connectivity index (χ2n) is 9.09. The molecule has 3 aromatic rings. The molecule has 7 heteroatoms. The fourth-order valence-electron chi connectivity index (χ4n) is 4.36. The maximum atomic E-state index is 12.6. The lowest BCUT2D eigenvalue weighted by atomic mass is 9.89. The number of carbonyl (C=O) groups excluding carboxylic acids is 1. The highest BCUT2D eigenvalue weighted by Gasteiger charge is 2.19. The molecule has 1 aliphatic carbocycles. The number of anilines is 1. The van der Waals surface area contributed by atoms with Crippen LogP contribution in [0.1, 0.15) is 48.0 Å². The third kappa shape index (κ3) is 7.09. The second kappa shape index (κ2) is 11.4. The van der Waals surface area contributed by atoms with Gasteiger partial charge in [0.05, 0.1) is 18.5 Å². The van der Waals surface area contributed by atoms with Crippen molar-refractivity contribution < 1.29 is 17.9 Å². The lowest BCUT2D eigenvalue weighted by molar-refractivity contribution is 0.0943. The Morgan fingerprint density at radius 1 is 0.886 bits per heavy atom. The van der Waals surface area contributed by atoms with Crippen molar-refractivity contribution in [3.05, 3.63) is 90.0 Å². The molecule has 0 atom stereocenters. The SMILES string of the molecule is CS(=O)(=O)N(Cc1ccc(C(=O)NCC2CCCCC2)cc1)c1ccc(Oc2ccccc2)cc1. The van der Waals surface area contributed by atoms with Crippen LogP contribution in [0.15, 0.2) is 78.9 Å². The molecular formula is C28H32N2O4S. The van der Waals surface area contributed by atoms with E-state index in [1.807, 2.05) is 30.3 Å². The maximum Gasteiger partial charge on any atom is 0.251 e. The largest absolute Gasteiger partial charge is 0.457 e. The minimum atomic E-state index is -3.52. The maximum absolute atomic E-state index is 12.6. The highest BCUT2D eigenvalue weighted by Crippen LogP contribution is 2.27. The summed E-state index contributed by atoms with van der Waals surface area (Å²) in [6, 6.07) is 23.5. The van der Waals surface area contributed by atoms with Gasteiger partial charge in [0.2, 0.25) is 10.0 Å². The van der Waals surface area contributed by atoms with Crippen LogP contribution in [-0.2, 0) is 16.6 Å². The summed E-state index contributed by atoms with van der Waals surface area (Å²) < 4.78 is 32.3. The monoisotopic (exact) mass is 492 g/mol. The van der Waals surface area contributed by atoms with E-state index in [-0.39, 0.29) is 12.5 Å². The van der Waals surface area contributed by atoms with Crippen molar-refractivity contribution in [1.29, 1.82) is 0 Å². The number of ether oxygens (including phenoxy) is 1. The molecule has 4 rings (SSSR count). The van der Waals surface area contributed by atoms with Gasteiger partial charge in [-0.3, -0.25) is 9.10 Å². The Morgan fingerprint density at radius 3 is 2.14 bits per heavy atom. The van der Waals surface area contributed by atoms with Gasteiger partial charge in [-0.25, -0.2) is 8.42 Å². The first-order chi connectivity index (χ1) is 16.9. The highest BCUT2D eigenvalue weighted by atomic mass is 32.2. The summed E-state index contributed by atoms with van der Waals surface area (Å²) >= 11 is 0. The van der Waals surface area contributed by atoms with E-state index in [9.17, 15) is 13.2 Å². The van der Waals surface area contributed by atoms with Crippen molar-refractivity contribution in [3.8, 4) is 11.5 Å². The molecule has 0 unspecified atom stereocenters. The van der Waals surface area contributed by atoms with Crippen LogP contribution in [0, 0.1) is 5.92 Å². The zero-order chi connectivity index (χ0) is 24.7. The van der Waals surface area contributed by atoms with Crippen LogP contribution >= 0.6 is 0 Å². The number of sulfonamides is 1. The van der Waals surface area contributed by atoms with Crippen molar-refractivity contribution in [1.82, 2.24) is 5.32 Å². The van der Waals surface area contributed by atoms with Crippen LogP contribution < -0.4 is 14.4 Å². The quantitative estimate of drug-likeness (QED) is 0.412. The number of para-hydroxylation sites is 1. The second-order valence-corrected chi connectivity index (χ2v) is 11.0. The van der Waals surface area contributed by atoms with Crippen molar-refractivity contribution in [2.24, 2.45) is 5.92 Å². The number of rotatable bonds is 9. The number of amides is 1. The molecule has 0 radical (unpaired) electrons. The Hall–Kier alpha value is -3.32. The molecule has 0 aromatic heterocycles. The average Bonchev–Trinajstić information content (AvgIpc) is 2.87. The highest BCUT2D eigenvalue weighted by molar-refractivity contribution is 7.92. The first-order valence-electron chi connectivity index (χ1n) is 12.1. The van der Waals surface area contributed by atoms with E-state index in [2.05, 4.69) is 5.32 Å². The summed E-state index contributed by atoms with van der Waals surface area (Å²) in [6.07, 6.45) is 7.33. The van der Waals surface area contributed by atoms with Gasteiger partial charge < -0.3 is 10.1 Å². The molecular weight excluding hydrogens is 460 g/mol. The van der Waals surface area contributed by atoms with E-state index in [1.165, 1.54) is 42.7 Å². The first kappa shape index (κ1) is 24.8. The van der Waals surface area contributed by atoms with E-state index in [0.717, 1.165) is 5.56 Å². The molecule has 3 aromatic carbocycles. The zero-order valence-electron chi connectivity index (χ0n) is 20.0. The van der Waals surface area contributed by atoms with Gasteiger partial charge in [0, 0.05) is 12.1 Å². The molecule has 1 fully saturated rings. The van der Waals surface area contributed by atoms with Gasteiger partial charge in [-0.05, 0) is 72.9 Å². The zero-order valence-corrected chi connectivity index (χ0v) is 20.8. The minimum absolute atomic E-state index is 0.0869. The van der Waals surface area contributed by atoms with Crippen molar-refractivity contribution in [2.45, 2.75) is 38.6 Å². The molecule has 0 aliphatic heterocycles. The fourth-order valence-corrected chi connectivity index (χ4v) is 5.25. The van der Waals surface area contributed by atoms with E-state index < -0.39 is 10.0 Å². The third-order valence-electron chi connectivity index (χ3n) is 6.32. The Labute approximate surface area is 208 Å². The molecule has 0 bridgehead atoms. The molecule has 184 valence electrons. The fraction of sp³-hybridized carbons (Fsp3) is 0.321. The van der Waals surface area contributed by atoms with Crippen LogP contribution in [0.5, 0.6) is 11.5 Å². The number of carbonyl (C=O) groups is 1. The number of nitrogens with zero attached hydrogens (tertiary/aromatic N) is 1. The van der Waals surface area contributed by atoms with Gasteiger partial charge in [0.15, 0.2) is 0 Å². The van der Waals surface area contributed by atoms with Crippen LogP contribution in [0.25, 0.3) is 0 Å². The number of nitrogens with one attached hydrogen (secondary N) is 1. The summed E-state index contributed by atoms with van der Waals surface area (Å²) in [7, 11) is -3.52. The smallest absolute Gasteiger partial charge is 0.251 e. The van der Waals surface area contributed by atoms with Crippen LogP contribution in [0.2, 0.25) is 0 Å². The summed E-state index contributed by atoms with van der Waals surface area (Å²) in [6.45, 7) is 0.883. The van der Waals surface area contributed by atoms with Gasteiger partial charge in [-0.2, -0.15) is 0 Å². The van der Waals surface area contributed by atoms with Crippen molar-refractivity contribution in [2.75, 3.05) is 17.1 Å². The molecule has 1 N–H and O–H groups in total. The first-order valence-corrected chi connectivity index (χ1v) is 13.9. The summed E-state index contributed by atoms with van der Waals surface area (Å²) in [4.78, 5) is 12.5. The molecule has 1 aliphatic rings. The molecule has 0 spiro atoms. The van der Waals surface area contributed by atoms with E-state index in [0.29, 0.717) is 35.2 Å². The van der Waals surface area contributed by atoms with E-state index in [1.54, 1.807) is 48.5 Å². The lowest BCUT2D eigenvalue weighted by Crippen LogP contribution is -2.30. The standard InChI is InChI=1S/C28H32N2O4S/c1-35(32,33)30(25-16-18-27(19-17-25)34-26-10-6-3-7-11-26)21-23-12-14-24(15-13-23)28(31)29-20-22-8-4-2-5-9-22/h3,6-7,10-19,22H,2,4-5,8-9,20-21H2,1H3,(H,29,31). The predicted octanol–water partition coefficient (Wildman–Crippen LogP) is 5.76. The summed E-state index contributed by atoms with van der Waals surface area (Å²) in [5.74, 6) is 1.82. The van der Waals surface area contributed by atoms with Gasteiger partial charge >= 0.3 is 0 Å². The Bertz CT molecular complexity index is 1200. The van der Waals surface area contributed by atoms with Gasteiger partial charge in [-0.15, -0.1) is 0 Å². The van der Waals surface area contributed by atoms with Crippen molar-refractivity contribution >= 4 is 21.6 Å². The molecule has 35 heavy (non-hydrogen) atoms. The van der Waals surface area contributed by atoms with Crippen LogP contribution in [0.4, 0.5) is 5.69 Å². The average molecular weight is 493 g/mol.